The minimum atomic E-state index is 0.259. The van der Waals surface area contributed by atoms with Crippen LogP contribution in [0.5, 0.6) is 5.88 Å². The third-order valence-corrected chi connectivity index (χ3v) is 2.56. The number of nitrogens with zero attached hydrogens (tertiary/aromatic N) is 3. The largest absolute Gasteiger partial charge is 0.476 e. The molecule has 0 atom stereocenters. The molecule has 0 fully saturated rings. The molecular weight excluding hydrogens is 216 g/mol. The summed E-state index contributed by atoms with van der Waals surface area (Å²) in [6.45, 7) is 7.72. The molecule has 0 aliphatic heterocycles. The molecule has 0 aliphatic rings. The van der Waals surface area contributed by atoms with E-state index < -0.39 is 0 Å². The highest BCUT2D eigenvalue weighted by atomic mass is 16.5. The van der Waals surface area contributed by atoms with Crippen LogP contribution in [0.15, 0.2) is 0 Å². The molecule has 1 aromatic heterocycles. The summed E-state index contributed by atoms with van der Waals surface area (Å²) < 4.78 is 7.60. The first-order valence-corrected chi connectivity index (χ1v) is 6.05. The summed E-state index contributed by atoms with van der Waals surface area (Å²) in [4.78, 5) is 2.14. The summed E-state index contributed by atoms with van der Waals surface area (Å²) in [6, 6.07) is 0.259. The second-order valence-corrected chi connectivity index (χ2v) is 4.85. The van der Waals surface area contributed by atoms with Crippen LogP contribution in [0.25, 0.3) is 0 Å². The fourth-order valence-corrected chi connectivity index (χ4v) is 1.58. The van der Waals surface area contributed by atoms with E-state index >= 15 is 0 Å². The zero-order valence-electron chi connectivity index (χ0n) is 11.5. The Balaban J connectivity index is 2.63. The van der Waals surface area contributed by atoms with Gasteiger partial charge in [-0.25, -0.2) is 4.68 Å². The van der Waals surface area contributed by atoms with Gasteiger partial charge in [0.05, 0.1) is 18.3 Å². The van der Waals surface area contributed by atoms with Crippen LogP contribution in [-0.4, -0.2) is 41.9 Å². The molecular formula is C12H24N4O. The van der Waals surface area contributed by atoms with Crippen LogP contribution in [0.2, 0.25) is 0 Å². The van der Waals surface area contributed by atoms with Crippen molar-refractivity contribution < 1.29 is 4.74 Å². The Hall–Kier alpha value is -1.23. The van der Waals surface area contributed by atoms with E-state index in [-0.39, 0.29) is 6.04 Å². The Morgan fingerprint density at radius 3 is 2.59 bits per heavy atom. The molecule has 0 bridgehead atoms. The monoisotopic (exact) mass is 240 g/mol. The Bertz CT molecular complexity index is 358. The lowest BCUT2D eigenvalue weighted by atomic mass is 10.4. The van der Waals surface area contributed by atoms with E-state index in [0.29, 0.717) is 18.2 Å². The molecule has 5 heteroatoms. The van der Waals surface area contributed by atoms with Crippen LogP contribution < -0.4 is 10.5 Å². The number of rotatable bonds is 6. The van der Waals surface area contributed by atoms with Crippen LogP contribution in [0.1, 0.15) is 32.0 Å². The van der Waals surface area contributed by atoms with Crippen molar-refractivity contribution in [1.29, 1.82) is 0 Å². The quantitative estimate of drug-likeness (QED) is 0.769. The van der Waals surface area contributed by atoms with Gasteiger partial charge in [0.25, 0.3) is 0 Å². The first kappa shape index (κ1) is 13.8. The van der Waals surface area contributed by atoms with Crippen molar-refractivity contribution in [1.82, 2.24) is 14.7 Å². The van der Waals surface area contributed by atoms with Gasteiger partial charge in [-0.2, -0.15) is 5.10 Å². The van der Waals surface area contributed by atoms with Gasteiger partial charge in [-0.1, -0.05) is 0 Å². The molecule has 0 saturated carbocycles. The van der Waals surface area contributed by atoms with Crippen LogP contribution in [0, 0.1) is 6.92 Å². The average Bonchev–Trinajstić information content (AvgIpc) is 2.51. The number of hydrogen-bond acceptors (Lipinski definition) is 4. The molecule has 98 valence electrons. The molecule has 0 saturated heterocycles. The summed E-state index contributed by atoms with van der Waals surface area (Å²) in [5.74, 6) is 0.705. The zero-order chi connectivity index (χ0) is 13.0. The van der Waals surface area contributed by atoms with Gasteiger partial charge in [0.15, 0.2) is 0 Å². The van der Waals surface area contributed by atoms with E-state index in [4.69, 9.17) is 10.5 Å². The molecule has 1 heterocycles. The van der Waals surface area contributed by atoms with Gasteiger partial charge in [-0.3, -0.25) is 0 Å². The summed E-state index contributed by atoms with van der Waals surface area (Å²) >= 11 is 0. The van der Waals surface area contributed by atoms with Crippen LogP contribution in [0.3, 0.4) is 0 Å². The van der Waals surface area contributed by atoms with Crippen molar-refractivity contribution in [2.45, 2.75) is 33.2 Å². The van der Waals surface area contributed by atoms with Crippen molar-refractivity contribution in [2.24, 2.45) is 0 Å². The lowest BCUT2D eigenvalue weighted by molar-refractivity contribution is 0.254. The Labute approximate surface area is 104 Å². The molecule has 2 N–H and O–H groups in total. The maximum absolute atomic E-state index is 5.96. The van der Waals surface area contributed by atoms with Crippen molar-refractivity contribution in [2.75, 3.05) is 33.0 Å². The van der Waals surface area contributed by atoms with E-state index in [0.717, 1.165) is 18.7 Å². The number of aryl methyl sites for hydroxylation is 1. The van der Waals surface area contributed by atoms with Gasteiger partial charge in [-0.15, -0.1) is 0 Å². The standard InChI is InChI=1S/C12H24N4O/c1-9(2)16-12(11(13)10(3)14-16)17-8-6-7-15(4)5/h9H,6-8,13H2,1-5H3. The highest BCUT2D eigenvalue weighted by Crippen LogP contribution is 2.27. The van der Waals surface area contributed by atoms with Crippen molar-refractivity contribution in [3.63, 3.8) is 0 Å². The minimum absolute atomic E-state index is 0.259. The van der Waals surface area contributed by atoms with Crippen molar-refractivity contribution in [3.05, 3.63) is 5.69 Å². The van der Waals surface area contributed by atoms with Gasteiger partial charge >= 0.3 is 0 Å². The van der Waals surface area contributed by atoms with Gasteiger partial charge in [0.1, 0.15) is 5.69 Å². The first-order valence-electron chi connectivity index (χ1n) is 6.05. The fraction of sp³-hybridized carbons (Fsp3) is 0.750. The molecule has 0 spiro atoms. The van der Waals surface area contributed by atoms with E-state index in [1.165, 1.54) is 0 Å². The summed E-state index contributed by atoms with van der Waals surface area (Å²) in [6.07, 6.45) is 0.981. The molecule has 0 amide bonds. The lowest BCUT2D eigenvalue weighted by Gasteiger charge is -2.13. The third kappa shape index (κ3) is 3.63. The molecule has 5 nitrogen and oxygen atoms in total. The van der Waals surface area contributed by atoms with E-state index in [2.05, 4.69) is 37.9 Å². The lowest BCUT2D eigenvalue weighted by Crippen LogP contribution is -2.16. The average molecular weight is 240 g/mol. The smallest absolute Gasteiger partial charge is 0.236 e. The van der Waals surface area contributed by atoms with Gasteiger partial charge in [0, 0.05) is 6.54 Å². The fourth-order valence-electron chi connectivity index (χ4n) is 1.58. The third-order valence-electron chi connectivity index (χ3n) is 2.56. The highest BCUT2D eigenvalue weighted by Gasteiger charge is 2.15. The maximum Gasteiger partial charge on any atom is 0.236 e. The molecule has 17 heavy (non-hydrogen) atoms. The van der Waals surface area contributed by atoms with Crippen molar-refractivity contribution in [3.8, 4) is 5.88 Å². The molecule has 0 aromatic carbocycles. The van der Waals surface area contributed by atoms with Gasteiger partial charge in [0.2, 0.25) is 5.88 Å². The van der Waals surface area contributed by atoms with Crippen LogP contribution >= 0.6 is 0 Å². The normalized spacial score (nSPS) is 11.5. The molecule has 1 aromatic rings. The topological polar surface area (TPSA) is 56.3 Å². The molecule has 0 unspecified atom stereocenters. The van der Waals surface area contributed by atoms with Gasteiger partial charge in [-0.05, 0) is 41.3 Å². The predicted molar refractivity (Wildman–Crippen MR) is 70.4 cm³/mol. The van der Waals surface area contributed by atoms with Gasteiger partial charge < -0.3 is 15.4 Å². The second-order valence-electron chi connectivity index (χ2n) is 4.85. The number of hydrogen-bond donors (Lipinski definition) is 1. The molecule has 0 radical (unpaired) electrons. The second kappa shape index (κ2) is 5.91. The Morgan fingerprint density at radius 1 is 1.41 bits per heavy atom. The number of nitrogen functional groups attached to an aromatic ring is 1. The number of ether oxygens (including phenoxy) is 1. The number of anilines is 1. The predicted octanol–water partition coefficient (Wildman–Crippen LogP) is 1.69. The van der Waals surface area contributed by atoms with E-state index in [9.17, 15) is 0 Å². The summed E-state index contributed by atoms with van der Waals surface area (Å²) in [5, 5.41) is 4.38. The number of nitrogens with two attached hydrogens (primary N) is 1. The maximum atomic E-state index is 5.96. The zero-order valence-corrected chi connectivity index (χ0v) is 11.5. The molecule has 0 aliphatic carbocycles. The van der Waals surface area contributed by atoms with Crippen LogP contribution in [0.4, 0.5) is 5.69 Å². The molecule has 1 rings (SSSR count). The van der Waals surface area contributed by atoms with E-state index in [1.54, 1.807) is 0 Å². The Kier molecular flexibility index (Phi) is 4.81. The first-order chi connectivity index (χ1) is 7.93. The SMILES string of the molecule is Cc1nn(C(C)C)c(OCCCN(C)C)c1N. The number of aromatic nitrogens is 2. The van der Waals surface area contributed by atoms with E-state index in [1.807, 2.05) is 11.6 Å². The Morgan fingerprint density at radius 2 is 2.06 bits per heavy atom. The van der Waals surface area contributed by atoms with Crippen molar-refractivity contribution >= 4 is 5.69 Å². The highest BCUT2D eigenvalue weighted by molar-refractivity contribution is 5.52. The summed E-state index contributed by atoms with van der Waals surface area (Å²) in [7, 11) is 4.10. The minimum Gasteiger partial charge on any atom is -0.476 e. The summed E-state index contributed by atoms with van der Waals surface area (Å²) in [5.41, 5.74) is 7.46. The van der Waals surface area contributed by atoms with Crippen LogP contribution in [-0.2, 0) is 0 Å².